The summed E-state index contributed by atoms with van der Waals surface area (Å²) in [5.41, 5.74) is 5.89. The normalized spacial score (nSPS) is 28.7. The van der Waals surface area contributed by atoms with Gasteiger partial charge < -0.3 is 10.6 Å². The zero-order valence-electron chi connectivity index (χ0n) is 10.00. The van der Waals surface area contributed by atoms with Gasteiger partial charge >= 0.3 is 0 Å². The molecule has 0 aromatic rings. The molecule has 0 aromatic heterocycles. The van der Waals surface area contributed by atoms with Crippen molar-refractivity contribution in [1.82, 2.24) is 4.90 Å². The highest BCUT2D eigenvalue weighted by atomic mass is 15.1. The molecule has 0 spiro atoms. The van der Waals surface area contributed by atoms with Gasteiger partial charge in [-0.3, -0.25) is 0 Å². The van der Waals surface area contributed by atoms with Crippen LogP contribution in [0.2, 0.25) is 0 Å². The van der Waals surface area contributed by atoms with Crippen LogP contribution >= 0.6 is 0 Å². The lowest BCUT2D eigenvalue weighted by Gasteiger charge is -2.30. The molecule has 2 nitrogen and oxygen atoms in total. The molecule has 1 aliphatic rings. The molecule has 1 fully saturated rings. The first-order valence-electron chi connectivity index (χ1n) is 6.02. The summed E-state index contributed by atoms with van der Waals surface area (Å²) in [4.78, 5) is 2.48. The molecule has 1 rings (SSSR count). The first kappa shape index (κ1) is 12.0. The number of hydrogen-bond acceptors (Lipinski definition) is 2. The fourth-order valence-electron chi connectivity index (χ4n) is 2.51. The topological polar surface area (TPSA) is 29.3 Å². The number of hydrogen-bond donors (Lipinski definition) is 1. The summed E-state index contributed by atoms with van der Waals surface area (Å²) < 4.78 is 0. The van der Waals surface area contributed by atoms with Crippen molar-refractivity contribution in [3.05, 3.63) is 0 Å². The van der Waals surface area contributed by atoms with Gasteiger partial charge in [-0.2, -0.15) is 0 Å². The molecule has 0 heterocycles. The Balaban J connectivity index is 2.17. The molecule has 0 aromatic carbocycles. The van der Waals surface area contributed by atoms with Crippen LogP contribution in [0.3, 0.4) is 0 Å². The molecular weight excluding hydrogens is 172 g/mol. The summed E-state index contributed by atoms with van der Waals surface area (Å²) in [5.74, 6) is 1.68. The summed E-state index contributed by atoms with van der Waals surface area (Å²) in [7, 11) is 2.24. The van der Waals surface area contributed by atoms with Crippen molar-refractivity contribution < 1.29 is 0 Å². The fourth-order valence-corrected chi connectivity index (χ4v) is 2.51. The predicted molar refractivity (Wildman–Crippen MR) is 62.3 cm³/mol. The van der Waals surface area contributed by atoms with Crippen molar-refractivity contribution in [2.75, 3.05) is 20.1 Å². The number of nitrogens with zero attached hydrogens (tertiary/aromatic N) is 1. The minimum Gasteiger partial charge on any atom is -0.328 e. The Morgan fingerprint density at radius 3 is 2.29 bits per heavy atom. The molecule has 0 radical (unpaired) electrons. The highest BCUT2D eigenvalue weighted by molar-refractivity contribution is 4.76. The van der Waals surface area contributed by atoms with Crippen molar-refractivity contribution in [2.24, 2.45) is 17.6 Å². The predicted octanol–water partition coefficient (Wildman–Crippen LogP) is 2.09. The van der Waals surface area contributed by atoms with Crippen molar-refractivity contribution in [1.29, 1.82) is 0 Å². The van der Waals surface area contributed by atoms with Gasteiger partial charge in [-0.15, -0.1) is 0 Å². The molecule has 2 N–H and O–H groups in total. The first-order valence-corrected chi connectivity index (χ1v) is 6.02. The quantitative estimate of drug-likeness (QED) is 0.749. The molecule has 14 heavy (non-hydrogen) atoms. The molecule has 0 unspecified atom stereocenters. The third kappa shape index (κ3) is 4.43. The Hall–Kier alpha value is -0.0800. The third-order valence-corrected chi connectivity index (χ3v) is 3.14. The molecule has 0 aliphatic heterocycles. The second-order valence-corrected chi connectivity index (χ2v) is 5.40. The van der Waals surface area contributed by atoms with Crippen LogP contribution < -0.4 is 5.73 Å². The Morgan fingerprint density at radius 1 is 1.21 bits per heavy atom. The molecule has 0 saturated heterocycles. The van der Waals surface area contributed by atoms with Crippen LogP contribution in [0.5, 0.6) is 0 Å². The summed E-state index contributed by atoms with van der Waals surface area (Å²) in [6, 6.07) is 0.488. The molecule has 0 bridgehead atoms. The highest BCUT2D eigenvalue weighted by Gasteiger charge is 2.19. The molecular formula is C12H26N2. The summed E-state index contributed by atoms with van der Waals surface area (Å²) in [6.07, 6.45) is 5.15. The maximum absolute atomic E-state index is 5.89. The molecule has 1 aliphatic carbocycles. The van der Waals surface area contributed by atoms with Crippen molar-refractivity contribution in [3.8, 4) is 0 Å². The van der Waals surface area contributed by atoms with Crippen LogP contribution in [0.1, 0.15) is 39.5 Å². The highest BCUT2D eigenvalue weighted by Crippen LogP contribution is 2.23. The third-order valence-electron chi connectivity index (χ3n) is 3.14. The van der Waals surface area contributed by atoms with E-state index < -0.39 is 0 Å². The molecule has 0 atom stereocenters. The Bertz CT molecular complexity index is 148. The lowest BCUT2D eigenvalue weighted by Crippen LogP contribution is -2.34. The SMILES string of the molecule is CC(C)CN(C)CC1CCC(N)CC1. The monoisotopic (exact) mass is 198 g/mol. The van der Waals surface area contributed by atoms with Crippen LogP contribution in [-0.4, -0.2) is 31.1 Å². The van der Waals surface area contributed by atoms with Gasteiger partial charge in [0.05, 0.1) is 0 Å². The van der Waals surface area contributed by atoms with E-state index in [1.807, 2.05) is 0 Å². The maximum Gasteiger partial charge on any atom is 0.00390 e. The van der Waals surface area contributed by atoms with Crippen molar-refractivity contribution in [2.45, 2.75) is 45.6 Å². The van der Waals surface area contributed by atoms with Crippen LogP contribution in [0.15, 0.2) is 0 Å². The molecule has 84 valence electrons. The van der Waals surface area contributed by atoms with Gasteiger partial charge in [-0.25, -0.2) is 0 Å². The molecule has 1 saturated carbocycles. The van der Waals surface area contributed by atoms with Gasteiger partial charge in [0.2, 0.25) is 0 Å². The average molecular weight is 198 g/mol. The number of nitrogens with two attached hydrogens (primary N) is 1. The smallest absolute Gasteiger partial charge is 0.00390 e. The van der Waals surface area contributed by atoms with E-state index in [0.29, 0.717) is 6.04 Å². The maximum atomic E-state index is 5.89. The first-order chi connectivity index (χ1) is 6.58. The largest absolute Gasteiger partial charge is 0.328 e. The lowest BCUT2D eigenvalue weighted by atomic mass is 9.86. The van der Waals surface area contributed by atoms with Gasteiger partial charge in [-0.05, 0) is 44.6 Å². The van der Waals surface area contributed by atoms with Crippen LogP contribution in [0.4, 0.5) is 0 Å². The van der Waals surface area contributed by atoms with Gasteiger partial charge in [0.1, 0.15) is 0 Å². The van der Waals surface area contributed by atoms with Gasteiger partial charge in [0, 0.05) is 19.1 Å². The number of rotatable bonds is 4. The Morgan fingerprint density at radius 2 is 1.79 bits per heavy atom. The summed E-state index contributed by atoms with van der Waals surface area (Å²) >= 11 is 0. The van der Waals surface area contributed by atoms with E-state index >= 15 is 0 Å². The summed E-state index contributed by atoms with van der Waals surface area (Å²) in [6.45, 7) is 7.06. The Kier molecular flexibility index (Phi) is 4.90. The second-order valence-electron chi connectivity index (χ2n) is 5.40. The van der Waals surface area contributed by atoms with E-state index in [9.17, 15) is 0 Å². The van der Waals surface area contributed by atoms with E-state index in [4.69, 9.17) is 5.73 Å². The van der Waals surface area contributed by atoms with Gasteiger partial charge in [-0.1, -0.05) is 13.8 Å². The van der Waals surface area contributed by atoms with E-state index in [2.05, 4.69) is 25.8 Å². The minimum absolute atomic E-state index is 0.488. The van der Waals surface area contributed by atoms with Crippen LogP contribution in [0.25, 0.3) is 0 Å². The minimum atomic E-state index is 0.488. The molecule has 2 heteroatoms. The van der Waals surface area contributed by atoms with Crippen LogP contribution in [-0.2, 0) is 0 Å². The lowest BCUT2D eigenvalue weighted by molar-refractivity contribution is 0.209. The van der Waals surface area contributed by atoms with E-state index in [1.165, 1.54) is 38.8 Å². The average Bonchev–Trinajstić information content (AvgIpc) is 2.07. The molecule has 0 amide bonds. The fraction of sp³-hybridized carbons (Fsp3) is 1.00. The van der Waals surface area contributed by atoms with Gasteiger partial charge in [0.25, 0.3) is 0 Å². The van der Waals surface area contributed by atoms with Gasteiger partial charge in [0.15, 0.2) is 0 Å². The Labute approximate surface area is 88.8 Å². The zero-order valence-corrected chi connectivity index (χ0v) is 10.00. The van der Waals surface area contributed by atoms with Crippen molar-refractivity contribution >= 4 is 0 Å². The van der Waals surface area contributed by atoms with E-state index in [0.717, 1.165) is 11.8 Å². The standard InChI is InChI=1S/C12H26N2/c1-10(2)8-14(3)9-11-4-6-12(13)7-5-11/h10-12H,4-9,13H2,1-3H3. The van der Waals surface area contributed by atoms with Crippen molar-refractivity contribution in [3.63, 3.8) is 0 Å². The van der Waals surface area contributed by atoms with Crippen LogP contribution in [0, 0.1) is 11.8 Å². The zero-order chi connectivity index (χ0) is 10.6. The van der Waals surface area contributed by atoms with E-state index in [1.54, 1.807) is 0 Å². The second kappa shape index (κ2) is 5.72. The van der Waals surface area contributed by atoms with E-state index in [-0.39, 0.29) is 0 Å². The summed E-state index contributed by atoms with van der Waals surface area (Å²) in [5, 5.41) is 0.